The predicted octanol–water partition coefficient (Wildman–Crippen LogP) is 2.06. The number of carbonyl (C=O) groups is 1. The van der Waals surface area contributed by atoms with Crippen molar-refractivity contribution in [2.24, 2.45) is 0 Å². The summed E-state index contributed by atoms with van der Waals surface area (Å²) in [6, 6.07) is 5.34. The smallest absolute Gasteiger partial charge is 0.328 e. The van der Waals surface area contributed by atoms with Crippen LogP contribution >= 0.6 is 0 Å². The number of benzene rings is 1. The van der Waals surface area contributed by atoms with Crippen LogP contribution in [0.25, 0.3) is 0 Å². The molecular weight excluding hydrogens is 270 g/mol. The maximum Gasteiger partial charge on any atom is 0.328 e. The van der Waals surface area contributed by atoms with Crippen LogP contribution in [0.4, 0.5) is 10.5 Å². The number of amides is 2. The number of ether oxygens (including phenoxy) is 2. The lowest BCUT2D eigenvalue weighted by Gasteiger charge is -2.41. The van der Waals surface area contributed by atoms with Gasteiger partial charge in [-0.25, -0.2) is 9.69 Å². The Labute approximate surface area is 123 Å². The van der Waals surface area contributed by atoms with Gasteiger partial charge in [-0.1, -0.05) is 6.07 Å². The maximum atomic E-state index is 12.5. The SMILES string of the molecule is Cc1ccc2c(c1)N(C(=O)NC1COC1)C(=N)C(C)(C)O2. The van der Waals surface area contributed by atoms with E-state index in [-0.39, 0.29) is 17.9 Å². The first-order valence-electron chi connectivity index (χ1n) is 6.95. The van der Waals surface area contributed by atoms with Gasteiger partial charge >= 0.3 is 6.03 Å². The van der Waals surface area contributed by atoms with E-state index in [1.807, 2.05) is 25.1 Å². The zero-order chi connectivity index (χ0) is 15.2. The average molecular weight is 289 g/mol. The van der Waals surface area contributed by atoms with Crippen LogP contribution in [-0.2, 0) is 4.74 Å². The number of rotatable bonds is 1. The zero-order valence-electron chi connectivity index (χ0n) is 12.4. The second-order valence-corrected chi connectivity index (χ2v) is 5.95. The van der Waals surface area contributed by atoms with Crippen molar-refractivity contribution >= 4 is 17.6 Å². The summed E-state index contributed by atoms with van der Waals surface area (Å²) in [5.74, 6) is 0.736. The van der Waals surface area contributed by atoms with E-state index < -0.39 is 5.60 Å². The van der Waals surface area contributed by atoms with Crippen molar-refractivity contribution in [1.82, 2.24) is 5.32 Å². The lowest BCUT2D eigenvalue weighted by Crippen LogP contribution is -2.60. The normalized spacial score (nSPS) is 20.3. The molecule has 0 radical (unpaired) electrons. The Balaban J connectivity index is 1.98. The van der Waals surface area contributed by atoms with E-state index >= 15 is 0 Å². The zero-order valence-corrected chi connectivity index (χ0v) is 12.4. The number of urea groups is 1. The van der Waals surface area contributed by atoms with Crippen molar-refractivity contribution in [1.29, 1.82) is 5.41 Å². The van der Waals surface area contributed by atoms with Gasteiger partial charge in [-0.15, -0.1) is 0 Å². The monoisotopic (exact) mass is 289 g/mol. The first-order valence-corrected chi connectivity index (χ1v) is 6.95. The van der Waals surface area contributed by atoms with Gasteiger partial charge in [-0.3, -0.25) is 5.41 Å². The van der Waals surface area contributed by atoms with Crippen LogP contribution in [0.3, 0.4) is 0 Å². The first kappa shape index (κ1) is 13.9. The molecule has 1 aromatic rings. The molecule has 0 atom stereocenters. The molecule has 2 amide bonds. The van der Waals surface area contributed by atoms with E-state index in [4.69, 9.17) is 14.9 Å². The Morgan fingerprint density at radius 1 is 1.43 bits per heavy atom. The van der Waals surface area contributed by atoms with Gasteiger partial charge in [0.25, 0.3) is 0 Å². The number of carbonyl (C=O) groups excluding carboxylic acids is 1. The summed E-state index contributed by atoms with van der Waals surface area (Å²) in [7, 11) is 0. The number of fused-ring (bicyclic) bond motifs is 1. The Bertz CT molecular complexity index is 608. The van der Waals surface area contributed by atoms with Crippen molar-refractivity contribution < 1.29 is 14.3 Å². The molecule has 112 valence electrons. The highest BCUT2D eigenvalue weighted by Gasteiger charge is 2.41. The topological polar surface area (TPSA) is 74.7 Å². The Morgan fingerprint density at radius 2 is 2.14 bits per heavy atom. The molecule has 1 aromatic carbocycles. The second kappa shape index (κ2) is 4.73. The molecule has 1 saturated heterocycles. The molecule has 0 aliphatic carbocycles. The molecule has 0 bridgehead atoms. The number of nitrogens with zero attached hydrogens (tertiary/aromatic N) is 1. The molecular formula is C15H19N3O3. The van der Waals surface area contributed by atoms with Gasteiger partial charge in [-0.05, 0) is 38.5 Å². The molecule has 0 unspecified atom stereocenters. The summed E-state index contributed by atoms with van der Waals surface area (Å²) in [5, 5.41) is 11.2. The molecule has 2 aliphatic heterocycles. The Kier molecular flexibility index (Phi) is 3.13. The van der Waals surface area contributed by atoms with E-state index in [2.05, 4.69) is 5.32 Å². The van der Waals surface area contributed by atoms with Crippen molar-refractivity contribution in [3.8, 4) is 5.75 Å². The number of hydrogen-bond acceptors (Lipinski definition) is 4. The molecule has 2 N–H and O–H groups in total. The summed E-state index contributed by atoms with van der Waals surface area (Å²) >= 11 is 0. The van der Waals surface area contributed by atoms with E-state index in [0.29, 0.717) is 24.7 Å². The van der Waals surface area contributed by atoms with E-state index in [1.165, 1.54) is 4.90 Å². The van der Waals surface area contributed by atoms with Gasteiger partial charge in [-0.2, -0.15) is 0 Å². The van der Waals surface area contributed by atoms with Gasteiger partial charge in [0, 0.05) is 0 Å². The van der Waals surface area contributed by atoms with Crippen molar-refractivity contribution in [3.05, 3.63) is 23.8 Å². The molecule has 21 heavy (non-hydrogen) atoms. The number of hydrogen-bond donors (Lipinski definition) is 2. The highest BCUT2D eigenvalue weighted by Crippen LogP contribution is 2.38. The minimum atomic E-state index is -0.851. The number of aryl methyl sites for hydroxylation is 1. The predicted molar refractivity (Wildman–Crippen MR) is 79.2 cm³/mol. The largest absolute Gasteiger partial charge is 0.478 e. The molecule has 1 fully saturated rings. The van der Waals surface area contributed by atoms with Gasteiger partial charge in [0.1, 0.15) is 5.75 Å². The van der Waals surface area contributed by atoms with Crippen molar-refractivity contribution in [2.45, 2.75) is 32.4 Å². The summed E-state index contributed by atoms with van der Waals surface area (Å²) in [6.45, 7) is 6.55. The standard InChI is InChI=1S/C15H19N3O3/c1-9-4-5-12-11(6-9)18(13(16)15(2,3)21-12)14(19)17-10-7-20-8-10/h4-6,10,16H,7-8H2,1-3H3,(H,17,19). The molecule has 0 saturated carbocycles. The average Bonchev–Trinajstić information content (AvgIpc) is 2.36. The fourth-order valence-electron chi connectivity index (χ4n) is 2.37. The lowest BCUT2D eigenvalue weighted by atomic mass is 10.0. The molecule has 0 aromatic heterocycles. The quantitative estimate of drug-likeness (QED) is 0.831. The van der Waals surface area contributed by atoms with Crippen LogP contribution in [0.1, 0.15) is 19.4 Å². The Hall–Kier alpha value is -2.08. The number of anilines is 1. The van der Waals surface area contributed by atoms with Gasteiger partial charge < -0.3 is 14.8 Å². The van der Waals surface area contributed by atoms with Crippen LogP contribution < -0.4 is 15.0 Å². The van der Waals surface area contributed by atoms with Crippen LogP contribution in [-0.4, -0.2) is 36.7 Å². The van der Waals surface area contributed by atoms with E-state index in [9.17, 15) is 4.79 Å². The first-order chi connectivity index (χ1) is 9.88. The molecule has 0 spiro atoms. The van der Waals surface area contributed by atoms with Gasteiger partial charge in [0.2, 0.25) is 0 Å². The minimum Gasteiger partial charge on any atom is -0.478 e. The highest BCUT2D eigenvalue weighted by atomic mass is 16.5. The third-order valence-corrected chi connectivity index (χ3v) is 3.68. The van der Waals surface area contributed by atoms with Crippen LogP contribution in [0.2, 0.25) is 0 Å². The van der Waals surface area contributed by atoms with Crippen LogP contribution in [0.15, 0.2) is 18.2 Å². The summed E-state index contributed by atoms with van der Waals surface area (Å²) in [6.07, 6.45) is 0. The van der Waals surface area contributed by atoms with Gasteiger partial charge in [0.05, 0.1) is 24.9 Å². The third-order valence-electron chi connectivity index (χ3n) is 3.68. The van der Waals surface area contributed by atoms with Crippen molar-refractivity contribution in [2.75, 3.05) is 18.1 Å². The fraction of sp³-hybridized carbons (Fsp3) is 0.467. The number of nitrogens with one attached hydrogen (secondary N) is 2. The van der Waals surface area contributed by atoms with Gasteiger partial charge in [0.15, 0.2) is 11.4 Å². The summed E-state index contributed by atoms with van der Waals surface area (Å²) in [4.78, 5) is 13.9. The molecule has 6 heteroatoms. The number of amidine groups is 1. The van der Waals surface area contributed by atoms with E-state index in [1.54, 1.807) is 13.8 Å². The second-order valence-electron chi connectivity index (χ2n) is 5.95. The summed E-state index contributed by atoms with van der Waals surface area (Å²) < 4.78 is 10.9. The lowest BCUT2D eigenvalue weighted by molar-refractivity contribution is 0.000448. The maximum absolute atomic E-state index is 12.5. The molecule has 6 nitrogen and oxygen atoms in total. The minimum absolute atomic E-state index is 0.0181. The highest BCUT2D eigenvalue weighted by molar-refractivity contribution is 6.20. The third kappa shape index (κ3) is 2.35. The van der Waals surface area contributed by atoms with E-state index in [0.717, 1.165) is 5.56 Å². The summed E-state index contributed by atoms with van der Waals surface area (Å²) in [5.41, 5.74) is 0.766. The fourth-order valence-corrected chi connectivity index (χ4v) is 2.37. The molecule has 2 heterocycles. The molecule has 3 rings (SSSR count). The van der Waals surface area contributed by atoms with Crippen LogP contribution in [0, 0.1) is 12.3 Å². The van der Waals surface area contributed by atoms with Crippen molar-refractivity contribution in [3.63, 3.8) is 0 Å². The molecule has 2 aliphatic rings. The van der Waals surface area contributed by atoms with Crippen LogP contribution in [0.5, 0.6) is 5.75 Å². The Morgan fingerprint density at radius 3 is 2.76 bits per heavy atom.